The first-order chi connectivity index (χ1) is 9.00. The molecule has 1 aromatic rings. The van der Waals surface area contributed by atoms with Crippen LogP contribution < -0.4 is 0 Å². The van der Waals surface area contributed by atoms with Crippen LogP contribution in [-0.4, -0.2) is 35.0 Å². The molecule has 5 heteroatoms. The molecule has 19 heavy (non-hydrogen) atoms. The average Bonchev–Trinajstić information content (AvgIpc) is 2.87. The number of amides is 1. The molecule has 1 N–H and O–H groups in total. The van der Waals surface area contributed by atoms with Gasteiger partial charge in [0.25, 0.3) is 5.91 Å². The van der Waals surface area contributed by atoms with Crippen molar-refractivity contribution in [2.45, 2.75) is 32.6 Å². The van der Waals surface area contributed by atoms with E-state index in [0.29, 0.717) is 31.8 Å². The van der Waals surface area contributed by atoms with Crippen molar-refractivity contribution in [1.29, 1.82) is 0 Å². The van der Waals surface area contributed by atoms with Crippen molar-refractivity contribution >= 4 is 23.2 Å². The van der Waals surface area contributed by atoms with Gasteiger partial charge in [-0.25, -0.2) is 0 Å². The van der Waals surface area contributed by atoms with E-state index >= 15 is 0 Å². The van der Waals surface area contributed by atoms with Crippen LogP contribution >= 0.6 is 11.3 Å². The fourth-order valence-corrected chi connectivity index (χ4v) is 3.44. The summed E-state index contributed by atoms with van der Waals surface area (Å²) in [5, 5.41) is 10.9. The molecular weight excluding hydrogens is 262 g/mol. The quantitative estimate of drug-likeness (QED) is 0.927. The maximum atomic E-state index is 12.5. The number of hydrogen-bond acceptors (Lipinski definition) is 3. The van der Waals surface area contributed by atoms with Crippen LogP contribution in [0, 0.1) is 5.92 Å². The topological polar surface area (TPSA) is 57.6 Å². The fraction of sp³-hybridized carbons (Fsp3) is 0.571. The summed E-state index contributed by atoms with van der Waals surface area (Å²) in [4.78, 5) is 26.0. The molecule has 0 aromatic carbocycles. The van der Waals surface area contributed by atoms with Crippen LogP contribution in [0.5, 0.6) is 0 Å². The predicted molar refractivity (Wildman–Crippen MR) is 74.7 cm³/mol. The van der Waals surface area contributed by atoms with Gasteiger partial charge in [-0.2, -0.15) is 0 Å². The zero-order chi connectivity index (χ0) is 14.0. The van der Waals surface area contributed by atoms with Crippen molar-refractivity contribution in [2.75, 3.05) is 13.1 Å². The molecule has 0 bridgehead atoms. The third kappa shape index (κ3) is 2.97. The Kier molecular flexibility index (Phi) is 4.24. The van der Waals surface area contributed by atoms with Crippen molar-refractivity contribution in [1.82, 2.24) is 4.90 Å². The summed E-state index contributed by atoms with van der Waals surface area (Å²) < 4.78 is 0. The van der Waals surface area contributed by atoms with Crippen molar-refractivity contribution in [2.24, 2.45) is 5.92 Å². The minimum atomic E-state index is -0.744. The second-order valence-electron chi connectivity index (χ2n) is 5.26. The van der Waals surface area contributed by atoms with Crippen LogP contribution in [-0.2, 0) is 4.79 Å². The van der Waals surface area contributed by atoms with Crippen molar-refractivity contribution in [3.8, 4) is 0 Å². The van der Waals surface area contributed by atoms with Crippen LogP contribution in [0.15, 0.2) is 11.4 Å². The number of carbonyl (C=O) groups excluding carboxylic acids is 1. The standard InChI is InChI=1S/C14H19NO3S/c1-9(2)11-5-8-19-12(11)13(16)15-6-3-10(4-7-15)14(17)18/h5,8-10H,3-4,6-7H2,1-2H3,(H,17,18). The number of piperidine rings is 1. The molecule has 1 aliphatic heterocycles. The van der Waals surface area contributed by atoms with Crippen LogP contribution in [0.25, 0.3) is 0 Å². The third-order valence-corrected chi connectivity index (χ3v) is 4.56. The highest BCUT2D eigenvalue weighted by molar-refractivity contribution is 7.12. The summed E-state index contributed by atoms with van der Waals surface area (Å²) in [6.45, 7) is 5.25. The van der Waals surface area contributed by atoms with Gasteiger partial charge in [0.15, 0.2) is 0 Å². The Labute approximate surface area is 117 Å². The minimum Gasteiger partial charge on any atom is -0.481 e. The Morgan fingerprint density at radius 3 is 2.53 bits per heavy atom. The number of carbonyl (C=O) groups is 2. The van der Waals surface area contributed by atoms with E-state index in [1.807, 2.05) is 11.4 Å². The van der Waals surface area contributed by atoms with Gasteiger partial charge in [0.1, 0.15) is 0 Å². The summed E-state index contributed by atoms with van der Waals surface area (Å²) in [7, 11) is 0. The highest BCUT2D eigenvalue weighted by Gasteiger charge is 2.29. The van der Waals surface area contributed by atoms with E-state index in [-0.39, 0.29) is 11.8 Å². The van der Waals surface area contributed by atoms with Crippen LogP contribution in [0.3, 0.4) is 0 Å². The number of likely N-dealkylation sites (tertiary alicyclic amines) is 1. The lowest BCUT2D eigenvalue weighted by atomic mass is 9.96. The molecule has 0 aliphatic carbocycles. The highest BCUT2D eigenvalue weighted by atomic mass is 32.1. The largest absolute Gasteiger partial charge is 0.481 e. The molecule has 104 valence electrons. The summed E-state index contributed by atoms with van der Waals surface area (Å²) >= 11 is 1.48. The lowest BCUT2D eigenvalue weighted by molar-refractivity contribution is -0.143. The number of carboxylic acid groups (broad SMARTS) is 1. The Hall–Kier alpha value is -1.36. The molecule has 2 rings (SSSR count). The number of aliphatic carboxylic acids is 1. The van der Waals surface area contributed by atoms with Crippen molar-refractivity contribution in [3.63, 3.8) is 0 Å². The van der Waals surface area contributed by atoms with Gasteiger partial charge in [0.05, 0.1) is 10.8 Å². The maximum absolute atomic E-state index is 12.5. The van der Waals surface area contributed by atoms with Gasteiger partial charge in [0.2, 0.25) is 0 Å². The molecule has 1 aromatic heterocycles. The zero-order valence-electron chi connectivity index (χ0n) is 11.3. The van der Waals surface area contributed by atoms with Gasteiger partial charge >= 0.3 is 5.97 Å². The van der Waals surface area contributed by atoms with E-state index in [4.69, 9.17) is 5.11 Å². The minimum absolute atomic E-state index is 0.0579. The van der Waals surface area contributed by atoms with Gasteiger partial charge < -0.3 is 10.0 Å². The van der Waals surface area contributed by atoms with E-state index in [2.05, 4.69) is 13.8 Å². The molecule has 4 nitrogen and oxygen atoms in total. The second kappa shape index (κ2) is 5.74. The monoisotopic (exact) mass is 281 g/mol. The average molecular weight is 281 g/mol. The molecule has 0 saturated carbocycles. The first kappa shape index (κ1) is 14.1. The summed E-state index contributed by atoms with van der Waals surface area (Å²) in [5.74, 6) is -0.646. The Morgan fingerprint density at radius 2 is 2.00 bits per heavy atom. The number of carboxylic acids is 1. The molecule has 0 spiro atoms. The molecule has 0 atom stereocenters. The molecule has 0 unspecified atom stereocenters. The van der Waals surface area contributed by atoms with Gasteiger partial charge in [-0.1, -0.05) is 13.8 Å². The van der Waals surface area contributed by atoms with Crippen LogP contribution in [0.2, 0.25) is 0 Å². The molecule has 1 saturated heterocycles. The molecule has 2 heterocycles. The molecule has 1 fully saturated rings. The SMILES string of the molecule is CC(C)c1ccsc1C(=O)N1CCC(C(=O)O)CC1. The van der Waals surface area contributed by atoms with Gasteiger partial charge in [-0.05, 0) is 35.8 Å². The number of thiophene rings is 1. The normalized spacial score (nSPS) is 16.9. The van der Waals surface area contributed by atoms with E-state index < -0.39 is 5.97 Å². The first-order valence-corrected chi connectivity index (χ1v) is 7.48. The van der Waals surface area contributed by atoms with Crippen LogP contribution in [0.4, 0.5) is 0 Å². The maximum Gasteiger partial charge on any atom is 0.306 e. The molecular formula is C14H19NO3S. The number of hydrogen-bond donors (Lipinski definition) is 1. The zero-order valence-corrected chi connectivity index (χ0v) is 12.1. The first-order valence-electron chi connectivity index (χ1n) is 6.60. The Balaban J connectivity index is 2.05. The lowest BCUT2D eigenvalue weighted by Gasteiger charge is -2.30. The fourth-order valence-electron chi connectivity index (χ4n) is 2.42. The van der Waals surface area contributed by atoms with E-state index in [1.54, 1.807) is 4.90 Å². The highest BCUT2D eigenvalue weighted by Crippen LogP contribution is 2.27. The molecule has 0 radical (unpaired) electrons. The van der Waals surface area contributed by atoms with E-state index in [0.717, 1.165) is 10.4 Å². The van der Waals surface area contributed by atoms with Crippen LogP contribution in [0.1, 0.15) is 47.8 Å². The molecule has 1 amide bonds. The molecule has 1 aliphatic rings. The summed E-state index contributed by atoms with van der Waals surface area (Å²) in [6.07, 6.45) is 1.12. The van der Waals surface area contributed by atoms with Gasteiger partial charge in [-0.15, -0.1) is 11.3 Å². The van der Waals surface area contributed by atoms with Crippen molar-refractivity contribution in [3.05, 3.63) is 21.9 Å². The second-order valence-corrected chi connectivity index (χ2v) is 6.18. The van der Waals surface area contributed by atoms with E-state index in [9.17, 15) is 9.59 Å². The van der Waals surface area contributed by atoms with Crippen molar-refractivity contribution < 1.29 is 14.7 Å². The number of rotatable bonds is 3. The Bertz CT molecular complexity index is 473. The van der Waals surface area contributed by atoms with E-state index in [1.165, 1.54) is 11.3 Å². The number of nitrogens with zero attached hydrogens (tertiary/aromatic N) is 1. The smallest absolute Gasteiger partial charge is 0.306 e. The predicted octanol–water partition coefficient (Wildman–Crippen LogP) is 2.81. The summed E-state index contributed by atoms with van der Waals surface area (Å²) in [6, 6.07) is 2.01. The Morgan fingerprint density at radius 1 is 1.37 bits per heavy atom. The summed E-state index contributed by atoms with van der Waals surface area (Å²) in [5.41, 5.74) is 1.09. The van der Waals surface area contributed by atoms with Gasteiger partial charge in [0, 0.05) is 13.1 Å². The lowest BCUT2D eigenvalue weighted by Crippen LogP contribution is -2.40. The third-order valence-electron chi connectivity index (χ3n) is 3.64. The van der Waals surface area contributed by atoms with Gasteiger partial charge in [-0.3, -0.25) is 9.59 Å².